The number of aromatic nitrogens is 3. The van der Waals surface area contributed by atoms with E-state index in [1.54, 1.807) is 19.2 Å². The molecule has 0 atom stereocenters. The molecule has 9 heteroatoms. The van der Waals surface area contributed by atoms with Gasteiger partial charge in [-0.1, -0.05) is 11.8 Å². The number of ether oxygens (including phenoxy) is 1. The van der Waals surface area contributed by atoms with E-state index in [9.17, 15) is 4.79 Å². The van der Waals surface area contributed by atoms with Crippen molar-refractivity contribution in [3.8, 4) is 17.1 Å². The van der Waals surface area contributed by atoms with Gasteiger partial charge in [0.15, 0.2) is 11.0 Å². The monoisotopic (exact) mass is 385 g/mol. The average molecular weight is 385 g/mol. The van der Waals surface area contributed by atoms with Crippen LogP contribution < -0.4 is 10.2 Å². The quantitative estimate of drug-likeness (QED) is 0.364. The van der Waals surface area contributed by atoms with Gasteiger partial charge in [0.1, 0.15) is 11.5 Å². The number of hydrogen-bond acceptors (Lipinski definition) is 7. The number of methoxy groups -OCH3 is 1. The predicted octanol–water partition coefficient (Wildman–Crippen LogP) is 2.81. The van der Waals surface area contributed by atoms with Crippen LogP contribution in [-0.2, 0) is 11.3 Å². The van der Waals surface area contributed by atoms with Crippen molar-refractivity contribution in [2.75, 3.05) is 12.9 Å². The van der Waals surface area contributed by atoms with Crippen molar-refractivity contribution >= 4 is 23.9 Å². The van der Waals surface area contributed by atoms with Crippen LogP contribution >= 0.6 is 11.8 Å². The number of hydrogen-bond donors (Lipinski definition) is 1. The lowest BCUT2D eigenvalue weighted by atomic mass is 10.2. The normalized spacial score (nSPS) is 11.0. The molecule has 0 bridgehead atoms. The first-order valence-electron chi connectivity index (χ1n) is 8.27. The standard InChI is InChI=1S/C18H19N5O3S/c1-3-23-17(13-6-8-14(25-2)9-7-13)21-22-18(23)27-12-16(24)20-19-11-15-5-4-10-26-15/h4-11H,3,12H2,1-2H3,(H,20,24). The highest BCUT2D eigenvalue weighted by atomic mass is 32.2. The van der Waals surface area contributed by atoms with Crippen molar-refractivity contribution in [3.63, 3.8) is 0 Å². The molecule has 140 valence electrons. The summed E-state index contributed by atoms with van der Waals surface area (Å²) in [7, 11) is 1.63. The Morgan fingerprint density at radius 3 is 2.81 bits per heavy atom. The lowest BCUT2D eigenvalue weighted by Gasteiger charge is -2.07. The Kier molecular flexibility index (Phi) is 6.26. The number of nitrogens with one attached hydrogen (secondary N) is 1. The maximum absolute atomic E-state index is 11.9. The number of carbonyl (C=O) groups excluding carboxylic acids is 1. The highest BCUT2D eigenvalue weighted by Crippen LogP contribution is 2.25. The molecule has 3 rings (SSSR count). The van der Waals surface area contributed by atoms with E-state index in [2.05, 4.69) is 20.7 Å². The van der Waals surface area contributed by atoms with Gasteiger partial charge in [-0.25, -0.2) is 5.43 Å². The predicted molar refractivity (Wildman–Crippen MR) is 103 cm³/mol. The Morgan fingerprint density at radius 2 is 2.15 bits per heavy atom. The minimum absolute atomic E-state index is 0.177. The molecule has 0 radical (unpaired) electrons. The number of benzene rings is 1. The topological polar surface area (TPSA) is 94.5 Å². The third-order valence-corrected chi connectivity index (χ3v) is 4.60. The zero-order valence-corrected chi connectivity index (χ0v) is 15.8. The van der Waals surface area contributed by atoms with E-state index in [0.717, 1.165) is 17.1 Å². The van der Waals surface area contributed by atoms with Crippen LogP contribution in [0.1, 0.15) is 12.7 Å². The average Bonchev–Trinajstić information content (AvgIpc) is 3.36. The molecule has 0 saturated heterocycles. The fraction of sp³-hybridized carbons (Fsp3) is 0.222. The van der Waals surface area contributed by atoms with E-state index in [0.29, 0.717) is 17.5 Å². The van der Waals surface area contributed by atoms with E-state index in [1.165, 1.54) is 24.2 Å². The first kappa shape index (κ1) is 18.7. The van der Waals surface area contributed by atoms with Crippen LogP contribution in [0.4, 0.5) is 0 Å². The van der Waals surface area contributed by atoms with Crippen LogP contribution in [0.25, 0.3) is 11.4 Å². The van der Waals surface area contributed by atoms with Gasteiger partial charge in [0.25, 0.3) is 5.91 Å². The van der Waals surface area contributed by atoms with Gasteiger partial charge in [-0.3, -0.25) is 4.79 Å². The van der Waals surface area contributed by atoms with E-state index in [4.69, 9.17) is 9.15 Å². The van der Waals surface area contributed by atoms with Crippen LogP contribution in [-0.4, -0.2) is 39.7 Å². The molecule has 1 amide bonds. The van der Waals surface area contributed by atoms with Crippen molar-refractivity contribution < 1.29 is 13.9 Å². The molecule has 27 heavy (non-hydrogen) atoms. The second-order valence-electron chi connectivity index (χ2n) is 5.38. The summed E-state index contributed by atoms with van der Waals surface area (Å²) in [5.41, 5.74) is 3.39. The van der Waals surface area contributed by atoms with Gasteiger partial charge in [0.2, 0.25) is 0 Å². The lowest BCUT2D eigenvalue weighted by Crippen LogP contribution is -2.20. The van der Waals surface area contributed by atoms with Gasteiger partial charge in [-0.05, 0) is 43.3 Å². The molecule has 0 fully saturated rings. The number of thioether (sulfide) groups is 1. The number of rotatable bonds is 8. The number of furan rings is 1. The molecule has 2 heterocycles. The van der Waals surface area contributed by atoms with Gasteiger partial charge in [-0.2, -0.15) is 5.10 Å². The maximum atomic E-state index is 11.9. The molecule has 0 spiro atoms. The number of amides is 1. The highest BCUT2D eigenvalue weighted by Gasteiger charge is 2.14. The van der Waals surface area contributed by atoms with Gasteiger partial charge in [0.05, 0.1) is 25.3 Å². The smallest absolute Gasteiger partial charge is 0.250 e. The summed E-state index contributed by atoms with van der Waals surface area (Å²) in [6, 6.07) is 11.1. The summed E-state index contributed by atoms with van der Waals surface area (Å²) < 4.78 is 12.2. The fourth-order valence-electron chi connectivity index (χ4n) is 2.33. The molecule has 2 aromatic heterocycles. The van der Waals surface area contributed by atoms with E-state index >= 15 is 0 Å². The second-order valence-corrected chi connectivity index (χ2v) is 6.32. The Morgan fingerprint density at radius 1 is 1.33 bits per heavy atom. The van der Waals surface area contributed by atoms with Crippen molar-refractivity contribution in [1.82, 2.24) is 20.2 Å². The van der Waals surface area contributed by atoms with Crippen molar-refractivity contribution in [2.24, 2.45) is 5.10 Å². The molecule has 1 aromatic carbocycles. The van der Waals surface area contributed by atoms with Crippen molar-refractivity contribution in [3.05, 3.63) is 48.4 Å². The Labute approximate surface area is 160 Å². The summed E-state index contributed by atoms with van der Waals surface area (Å²) in [6.07, 6.45) is 2.98. The van der Waals surface area contributed by atoms with Crippen LogP contribution in [0.3, 0.4) is 0 Å². The second kappa shape index (κ2) is 9.04. The molecule has 1 N–H and O–H groups in total. The van der Waals surface area contributed by atoms with Crippen LogP contribution in [0.15, 0.2) is 57.3 Å². The third kappa shape index (κ3) is 4.76. The molecular formula is C18H19N5O3S. The highest BCUT2D eigenvalue weighted by molar-refractivity contribution is 7.99. The Bertz CT molecular complexity index is 904. The Balaban J connectivity index is 1.61. The molecule has 3 aromatic rings. The lowest BCUT2D eigenvalue weighted by molar-refractivity contribution is -0.118. The molecule has 0 aliphatic carbocycles. The van der Waals surface area contributed by atoms with Crippen LogP contribution in [0, 0.1) is 0 Å². The summed E-state index contributed by atoms with van der Waals surface area (Å²) in [6.45, 7) is 2.70. The van der Waals surface area contributed by atoms with E-state index < -0.39 is 0 Å². The molecule has 0 aliphatic rings. The van der Waals surface area contributed by atoms with Gasteiger partial charge in [-0.15, -0.1) is 10.2 Å². The number of hydrazone groups is 1. The van der Waals surface area contributed by atoms with Crippen LogP contribution in [0.5, 0.6) is 5.75 Å². The fourth-order valence-corrected chi connectivity index (χ4v) is 3.12. The SMILES string of the molecule is CCn1c(SCC(=O)NN=Cc2ccco2)nnc1-c1ccc(OC)cc1. The van der Waals surface area contributed by atoms with Gasteiger partial charge < -0.3 is 13.7 Å². The zero-order valence-electron chi connectivity index (χ0n) is 15.0. The molecule has 0 saturated carbocycles. The minimum Gasteiger partial charge on any atom is -0.497 e. The third-order valence-electron chi connectivity index (χ3n) is 3.64. The summed E-state index contributed by atoms with van der Waals surface area (Å²) in [4.78, 5) is 11.9. The molecule has 8 nitrogen and oxygen atoms in total. The molecule has 0 aliphatic heterocycles. The number of carbonyl (C=O) groups is 1. The maximum Gasteiger partial charge on any atom is 0.250 e. The van der Waals surface area contributed by atoms with Gasteiger partial charge >= 0.3 is 0 Å². The zero-order chi connectivity index (χ0) is 19.1. The Hall–Kier alpha value is -3.07. The van der Waals surface area contributed by atoms with E-state index in [-0.39, 0.29) is 11.7 Å². The van der Waals surface area contributed by atoms with Crippen LogP contribution in [0.2, 0.25) is 0 Å². The molecule has 0 unspecified atom stereocenters. The first-order chi connectivity index (χ1) is 13.2. The van der Waals surface area contributed by atoms with Gasteiger partial charge in [0, 0.05) is 12.1 Å². The summed E-state index contributed by atoms with van der Waals surface area (Å²) in [5.74, 6) is 2.04. The summed E-state index contributed by atoms with van der Waals surface area (Å²) in [5, 5.41) is 13.0. The molecular weight excluding hydrogens is 366 g/mol. The largest absolute Gasteiger partial charge is 0.497 e. The number of nitrogens with zero attached hydrogens (tertiary/aromatic N) is 4. The van der Waals surface area contributed by atoms with Crippen molar-refractivity contribution in [2.45, 2.75) is 18.6 Å². The first-order valence-corrected chi connectivity index (χ1v) is 9.25. The summed E-state index contributed by atoms with van der Waals surface area (Å²) >= 11 is 1.31. The van der Waals surface area contributed by atoms with E-state index in [1.807, 2.05) is 35.8 Å². The minimum atomic E-state index is -0.237. The van der Waals surface area contributed by atoms with Crippen molar-refractivity contribution in [1.29, 1.82) is 0 Å².